The Balaban J connectivity index is 1.96. The lowest BCUT2D eigenvalue weighted by molar-refractivity contribution is -0.123. The van der Waals surface area contributed by atoms with Gasteiger partial charge < -0.3 is 10.2 Å². The Morgan fingerprint density at radius 1 is 1.12 bits per heavy atom. The summed E-state index contributed by atoms with van der Waals surface area (Å²) in [6.45, 7) is 5.88. The molecule has 2 rings (SSSR count). The molecule has 5 heteroatoms. The van der Waals surface area contributed by atoms with Crippen molar-refractivity contribution in [1.82, 2.24) is 5.32 Å². The van der Waals surface area contributed by atoms with Crippen molar-refractivity contribution in [2.24, 2.45) is 0 Å². The number of anilines is 1. The molecule has 132 valence electrons. The van der Waals surface area contributed by atoms with Gasteiger partial charge in [-0.2, -0.15) is 0 Å². The van der Waals surface area contributed by atoms with Gasteiger partial charge in [-0.15, -0.1) is 0 Å². The Labute approximate surface area is 153 Å². The van der Waals surface area contributed by atoms with Crippen molar-refractivity contribution in [3.05, 3.63) is 64.2 Å². The SMILES string of the molecule is CC(=O)N(CC(=O)NCCc1cccc(Cl)c1)c1cc(C)ccc1C. The lowest BCUT2D eigenvalue weighted by Gasteiger charge is -2.23. The van der Waals surface area contributed by atoms with Gasteiger partial charge in [0.2, 0.25) is 11.8 Å². The van der Waals surface area contributed by atoms with E-state index < -0.39 is 0 Å². The Kier molecular flexibility index (Phi) is 6.59. The lowest BCUT2D eigenvalue weighted by Crippen LogP contribution is -2.40. The highest BCUT2D eigenvalue weighted by atomic mass is 35.5. The minimum atomic E-state index is -0.182. The van der Waals surface area contributed by atoms with Gasteiger partial charge in [-0.1, -0.05) is 35.9 Å². The van der Waals surface area contributed by atoms with Crippen LogP contribution in [0.25, 0.3) is 0 Å². The fourth-order valence-electron chi connectivity index (χ4n) is 2.61. The highest BCUT2D eigenvalue weighted by Gasteiger charge is 2.17. The first kappa shape index (κ1) is 19.0. The Morgan fingerprint density at radius 3 is 2.56 bits per heavy atom. The van der Waals surface area contributed by atoms with Gasteiger partial charge in [-0.3, -0.25) is 9.59 Å². The second kappa shape index (κ2) is 8.67. The molecular weight excluding hydrogens is 336 g/mol. The molecule has 0 saturated heterocycles. The van der Waals surface area contributed by atoms with E-state index in [-0.39, 0.29) is 18.4 Å². The number of hydrogen-bond acceptors (Lipinski definition) is 2. The van der Waals surface area contributed by atoms with E-state index >= 15 is 0 Å². The van der Waals surface area contributed by atoms with Crippen LogP contribution in [0.5, 0.6) is 0 Å². The summed E-state index contributed by atoms with van der Waals surface area (Å²) < 4.78 is 0. The normalized spacial score (nSPS) is 10.4. The molecule has 0 aliphatic heterocycles. The van der Waals surface area contributed by atoms with Gasteiger partial charge in [0.15, 0.2) is 0 Å². The number of rotatable bonds is 6. The van der Waals surface area contributed by atoms with E-state index in [1.54, 1.807) is 0 Å². The van der Waals surface area contributed by atoms with Crippen LogP contribution in [0.2, 0.25) is 5.02 Å². The predicted molar refractivity (Wildman–Crippen MR) is 102 cm³/mol. The summed E-state index contributed by atoms with van der Waals surface area (Å²) in [6, 6.07) is 13.4. The number of benzene rings is 2. The number of carbonyl (C=O) groups is 2. The number of aryl methyl sites for hydroxylation is 2. The van der Waals surface area contributed by atoms with Gasteiger partial charge in [-0.05, 0) is 55.2 Å². The van der Waals surface area contributed by atoms with Crippen molar-refractivity contribution in [2.75, 3.05) is 18.0 Å². The van der Waals surface area contributed by atoms with Crippen molar-refractivity contribution in [3.8, 4) is 0 Å². The quantitative estimate of drug-likeness (QED) is 0.856. The summed E-state index contributed by atoms with van der Waals surface area (Å²) in [5, 5.41) is 3.55. The average Bonchev–Trinajstić information content (AvgIpc) is 2.55. The average molecular weight is 359 g/mol. The molecule has 0 spiro atoms. The molecule has 0 unspecified atom stereocenters. The van der Waals surface area contributed by atoms with Crippen molar-refractivity contribution < 1.29 is 9.59 Å². The predicted octanol–water partition coefficient (Wildman–Crippen LogP) is 3.67. The summed E-state index contributed by atoms with van der Waals surface area (Å²) >= 11 is 5.95. The Morgan fingerprint density at radius 2 is 1.88 bits per heavy atom. The van der Waals surface area contributed by atoms with Crippen LogP contribution >= 0.6 is 11.6 Å². The molecule has 0 saturated carbocycles. The van der Waals surface area contributed by atoms with Crippen LogP contribution in [0.3, 0.4) is 0 Å². The lowest BCUT2D eigenvalue weighted by atomic mass is 10.1. The van der Waals surface area contributed by atoms with E-state index in [1.165, 1.54) is 11.8 Å². The third-order valence-corrected chi connectivity index (χ3v) is 4.20. The van der Waals surface area contributed by atoms with Gasteiger partial charge in [0.25, 0.3) is 0 Å². The fraction of sp³-hybridized carbons (Fsp3) is 0.300. The molecule has 0 bridgehead atoms. The molecule has 2 aromatic rings. The highest BCUT2D eigenvalue weighted by Crippen LogP contribution is 2.21. The van der Waals surface area contributed by atoms with Crippen LogP contribution in [0.15, 0.2) is 42.5 Å². The second-order valence-corrected chi connectivity index (χ2v) is 6.56. The number of amides is 2. The van der Waals surface area contributed by atoms with Crippen LogP contribution in [0, 0.1) is 13.8 Å². The molecule has 0 atom stereocenters. The monoisotopic (exact) mass is 358 g/mol. The summed E-state index contributed by atoms with van der Waals surface area (Å²) in [5.74, 6) is -0.336. The summed E-state index contributed by atoms with van der Waals surface area (Å²) in [7, 11) is 0. The molecular formula is C20H23ClN2O2. The number of halogens is 1. The molecule has 0 aliphatic rings. The second-order valence-electron chi connectivity index (χ2n) is 6.12. The van der Waals surface area contributed by atoms with Crippen molar-refractivity contribution in [1.29, 1.82) is 0 Å². The number of carbonyl (C=O) groups excluding carboxylic acids is 2. The smallest absolute Gasteiger partial charge is 0.240 e. The molecule has 0 heterocycles. The first-order valence-corrected chi connectivity index (χ1v) is 8.61. The molecule has 1 N–H and O–H groups in total. The summed E-state index contributed by atoms with van der Waals surface area (Å²) in [4.78, 5) is 25.8. The van der Waals surface area contributed by atoms with Crippen LogP contribution in [-0.2, 0) is 16.0 Å². The molecule has 2 aromatic carbocycles. The molecule has 0 radical (unpaired) electrons. The minimum absolute atomic E-state index is 0.00910. The first-order chi connectivity index (χ1) is 11.9. The van der Waals surface area contributed by atoms with E-state index in [9.17, 15) is 9.59 Å². The van der Waals surface area contributed by atoms with Gasteiger partial charge in [0.05, 0.1) is 0 Å². The molecule has 0 fully saturated rings. The topological polar surface area (TPSA) is 49.4 Å². The van der Waals surface area contributed by atoms with E-state index in [2.05, 4.69) is 5.32 Å². The Bertz CT molecular complexity index is 774. The third-order valence-electron chi connectivity index (χ3n) is 3.96. The summed E-state index contributed by atoms with van der Waals surface area (Å²) in [5.41, 5.74) is 3.85. The fourth-order valence-corrected chi connectivity index (χ4v) is 2.83. The largest absolute Gasteiger partial charge is 0.354 e. The zero-order chi connectivity index (χ0) is 18.4. The maximum atomic E-state index is 12.3. The summed E-state index contributed by atoms with van der Waals surface area (Å²) in [6.07, 6.45) is 0.690. The van der Waals surface area contributed by atoms with Gasteiger partial charge in [-0.25, -0.2) is 0 Å². The molecule has 2 amide bonds. The standard InChI is InChI=1S/C20H23ClN2O2/c1-14-7-8-15(2)19(11-14)23(16(3)24)13-20(25)22-10-9-17-5-4-6-18(21)12-17/h4-8,11-12H,9-10,13H2,1-3H3,(H,22,25). The maximum Gasteiger partial charge on any atom is 0.240 e. The van der Waals surface area contributed by atoms with Crippen LogP contribution in [-0.4, -0.2) is 24.9 Å². The van der Waals surface area contributed by atoms with Crippen LogP contribution in [0.1, 0.15) is 23.6 Å². The van der Waals surface area contributed by atoms with E-state index in [0.29, 0.717) is 18.0 Å². The first-order valence-electron chi connectivity index (χ1n) is 8.23. The van der Waals surface area contributed by atoms with Crippen molar-refractivity contribution in [2.45, 2.75) is 27.2 Å². The van der Waals surface area contributed by atoms with Gasteiger partial charge in [0, 0.05) is 24.2 Å². The number of nitrogens with one attached hydrogen (secondary N) is 1. The van der Waals surface area contributed by atoms with Gasteiger partial charge in [0.1, 0.15) is 6.54 Å². The Hall–Kier alpha value is -2.33. The van der Waals surface area contributed by atoms with Gasteiger partial charge >= 0.3 is 0 Å². The molecule has 4 nitrogen and oxygen atoms in total. The molecule has 0 aliphatic carbocycles. The van der Waals surface area contributed by atoms with Crippen molar-refractivity contribution >= 4 is 29.1 Å². The van der Waals surface area contributed by atoms with Crippen LogP contribution < -0.4 is 10.2 Å². The number of nitrogens with zero attached hydrogens (tertiary/aromatic N) is 1. The van der Waals surface area contributed by atoms with Crippen molar-refractivity contribution in [3.63, 3.8) is 0 Å². The van der Waals surface area contributed by atoms with E-state index in [0.717, 1.165) is 22.4 Å². The maximum absolute atomic E-state index is 12.3. The van der Waals surface area contributed by atoms with E-state index in [4.69, 9.17) is 11.6 Å². The minimum Gasteiger partial charge on any atom is -0.354 e. The zero-order valence-electron chi connectivity index (χ0n) is 14.8. The molecule has 25 heavy (non-hydrogen) atoms. The molecule has 0 aromatic heterocycles. The van der Waals surface area contributed by atoms with Crippen LogP contribution in [0.4, 0.5) is 5.69 Å². The highest BCUT2D eigenvalue weighted by molar-refractivity contribution is 6.30. The van der Waals surface area contributed by atoms with E-state index in [1.807, 2.05) is 56.3 Å². The third kappa shape index (κ3) is 5.61. The number of hydrogen-bond donors (Lipinski definition) is 1. The zero-order valence-corrected chi connectivity index (χ0v) is 15.6.